The number of aromatic carboxylic acids is 1. The van der Waals surface area contributed by atoms with E-state index < -0.39 is 29.7 Å². The molecule has 0 spiro atoms. The summed E-state index contributed by atoms with van der Waals surface area (Å²) >= 11 is 12.4. The predicted molar refractivity (Wildman–Crippen MR) is 151 cm³/mol. The van der Waals surface area contributed by atoms with Crippen molar-refractivity contribution in [3.05, 3.63) is 93.1 Å². The fourth-order valence-electron chi connectivity index (χ4n) is 3.89. The summed E-state index contributed by atoms with van der Waals surface area (Å²) in [4.78, 5) is 63.4. The monoisotopic (exact) mass is 597 g/mol. The van der Waals surface area contributed by atoms with Gasteiger partial charge in [0.2, 0.25) is 0 Å². The zero-order chi connectivity index (χ0) is 29.8. The molecular weight excluding hydrogens is 577 g/mol. The Bertz CT molecular complexity index is 1640. The summed E-state index contributed by atoms with van der Waals surface area (Å²) in [6.07, 6.45) is 0. The highest BCUT2D eigenvalue weighted by molar-refractivity contribution is 6.53. The summed E-state index contributed by atoms with van der Waals surface area (Å²) in [6, 6.07) is 14.2. The van der Waals surface area contributed by atoms with Gasteiger partial charge >= 0.3 is 11.9 Å². The van der Waals surface area contributed by atoms with Crippen molar-refractivity contribution in [1.82, 2.24) is 0 Å². The zero-order valence-corrected chi connectivity index (χ0v) is 23.0. The molecule has 3 amide bonds. The van der Waals surface area contributed by atoms with Crippen molar-refractivity contribution in [2.24, 2.45) is 0 Å². The molecule has 3 aromatic carbocycles. The second-order valence-electron chi connectivity index (χ2n) is 8.40. The van der Waals surface area contributed by atoms with Crippen LogP contribution < -0.4 is 20.3 Å². The predicted octanol–water partition coefficient (Wildman–Crippen LogP) is 4.91. The minimum Gasteiger partial charge on any atom is -0.496 e. The van der Waals surface area contributed by atoms with E-state index in [4.69, 9.17) is 32.7 Å². The minimum absolute atomic E-state index is 0.00374. The van der Waals surface area contributed by atoms with Gasteiger partial charge in [-0.25, -0.2) is 14.5 Å². The molecule has 1 aliphatic heterocycles. The fourth-order valence-corrected chi connectivity index (χ4v) is 4.32. The first-order valence-corrected chi connectivity index (χ1v) is 12.7. The third kappa shape index (κ3) is 6.01. The number of hydrogen-bond acceptors (Lipinski definition) is 8. The molecule has 4 rings (SSSR count). The van der Waals surface area contributed by atoms with Gasteiger partial charge in [-0.05, 0) is 49.4 Å². The lowest BCUT2D eigenvalue weighted by atomic mass is 10.1. The largest absolute Gasteiger partial charge is 0.496 e. The highest BCUT2D eigenvalue weighted by Crippen LogP contribution is 2.33. The van der Waals surface area contributed by atoms with Crippen LogP contribution in [0.4, 0.5) is 17.1 Å². The maximum Gasteiger partial charge on any atom is 0.339 e. The number of halogens is 2. The van der Waals surface area contributed by atoms with Crippen molar-refractivity contribution in [1.29, 1.82) is 0 Å². The third-order valence-corrected chi connectivity index (χ3v) is 6.47. The molecule has 3 aromatic rings. The van der Waals surface area contributed by atoms with E-state index in [0.717, 1.165) is 11.0 Å². The number of carboxylic acid groups (broad SMARTS) is 1. The van der Waals surface area contributed by atoms with Gasteiger partial charge in [0.1, 0.15) is 22.0 Å². The van der Waals surface area contributed by atoms with Gasteiger partial charge in [-0.2, -0.15) is 0 Å². The average Bonchev–Trinajstić information content (AvgIpc) is 3.16. The summed E-state index contributed by atoms with van der Waals surface area (Å²) in [7, 11) is 1.28. The maximum absolute atomic E-state index is 13.2. The molecule has 1 heterocycles. The molecule has 0 aliphatic carbocycles. The van der Waals surface area contributed by atoms with E-state index in [9.17, 15) is 29.1 Å². The number of amides is 3. The van der Waals surface area contributed by atoms with E-state index in [0.29, 0.717) is 0 Å². The Morgan fingerprint density at radius 2 is 1.66 bits per heavy atom. The number of imide groups is 1. The Balaban J connectivity index is 1.54. The molecule has 0 unspecified atom stereocenters. The van der Waals surface area contributed by atoms with E-state index in [1.807, 2.05) is 0 Å². The summed E-state index contributed by atoms with van der Waals surface area (Å²) < 4.78 is 10.1. The van der Waals surface area contributed by atoms with E-state index in [2.05, 4.69) is 10.6 Å². The van der Waals surface area contributed by atoms with Crippen LogP contribution in [-0.4, -0.2) is 48.5 Å². The maximum atomic E-state index is 13.2. The first-order chi connectivity index (χ1) is 19.5. The molecular formula is C28H21Cl2N3O8. The highest BCUT2D eigenvalue weighted by atomic mass is 35.5. The molecule has 1 aliphatic rings. The van der Waals surface area contributed by atoms with Crippen LogP contribution in [0, 0.1) is 0 Å². The molecule has 0 aromatic heterocycles. The van der Waals surface area contributed by atoms with Crippen LogP contribution in [0.2, 0.25) is 5.02 Å². The van der Waals surface area contributed by atoms with Crippen molar-refractivity contribution in [3.8, 4) is 5.75 Å². The molecule has 0 saturated carbocycles. The molecule has 11 nitrogen and oxygen atoms in total. The topological polar surface area (TPSA) is 151 Å². The number of rotatable bonds is 9. The number of nitrogens with one attached hydrogen (secondary N) is 2. The molecule has 0 fully saturated rings. The summed E-state index contributed by atoms with van der Waals surface area (Å²) in [6.45, 7) is 1.81. The number of hydrogen-bond donors (Lipinski definition) is 3. The Morgan fingerprint density at radius 3 is 2.34 bits per heavy atom. The molecule has 3 N–H and O–H groups in total. The number of esters is 1. The number of carboxylic acids is 1. The Hall–Kier alpha value is -4.87. The molecule has 41 heavy (non-hydrogen) atoms. The van der Waals surface area contributed by atoms with Gasteiger partial charge in [-0.1, -0.05) is 35.3 Å². The van der Waals surface area contributed by atoms with Crippen molar-refractivity contribution < 1.29 is 38.6 Å². The van der Waals surface area contributed by atoms with Gasteiger partial charge in [0.05, 0.1) is 35.7 Å². The number of benzene rings is 3. The van der Waals surface area contributed by atoms with Gasteiger partial charge in [-0.15, -0.1) is 0 Å². The van der Waals surface area contributed by atoms with Crippen molar-refractivity contribution in [2.45, 2.75) is 6.92 Å². The van der Waals surface area contributed by atoms with Crippen LogP contribution in [-0.2, 0) is 14.3 Å². The van der Waals surface area contributed by atoms with Crippen LogP contribution >= 0.6 is 23.2 Å². The van der Waals surface area contributed by atoms with Gasteiger partial charge in [0.15, 0.2) is 0 Å². The van der Waals surface area contributed by atoms with Gasteiger partial charge in [-0.3, -0.25) is 14.4 Å². The van der Waals surface area contributed by atoms with Crippen LogP contribution in [0.1, 0.15) is 38.0 Å². The number of nitrogens with zero attached hydrogens (tertiary/aromatic N) is 1. The first kappa shape index (κ1) is 29.1. The second-order valence-corrected chi connectivity index (χ2v) is 9.19. The van der Waals surface area contributed by atoms with Gasteiger partial charge in [0, 0.05) is 17.3 Å². The lowest BCUT2D eigenvalue weighted by molar-refractivity contribution is -0.120. The lowest BCUT2D eigenvalue weighted by Gasteiger charge is -2.16. The van der Waals surface area contributed by atoms with Crippen LogP contribution in [0.3, 0.4) is 0 Å². The normalized spacial score (nSPS) is 12.8. The SMILES string of the molecule is CCOC(=O)c1cccc(N2C(=O)C(Cl)=C(Nc3cccc(C(=O)Nc4cc(OC)c(C(=O)O)cc4Cl)c3)C2=O)c1. The third-order valence-electron chi connectivity index (χ3n) is 5.80. The number of anilines is 3. The smallest absolute Gasteiger partial charge is 0.339 e. The molecule has 0 bridgehead atoms. The molecule has 0 atom stereocenters. The van der Waals surface area contributed by atoms with E-state index in [1.54, 1.807) is 13.0 Å². The molecule has 13 heteroatoms. The highest BCUT2D eigenvalue weighted by Gasteiger charge is 2.39. The number of carbonyl (C=O) groups excluding carboxylic acids is 4. The van der Waals surface area contributed by atoms with Crippen molar-refractivity contribution in [2.75, 3.05) is 29.3 Å². The lowest BCUT2D eigenvalue weighted by Crippen LogP contribution is -2.32. The molecule has 0 radical (unpaired) electrons. The second kappa shape index (κ2) is 12.1. The van der Waals surface area contributed by atoms with Crippen LogP contribution in [0.5, 0.6) is 5.75 Å². The van der Waals surface area contributed by atoms with Crippen LogP contribution in [0.25, 0.3) is 0 Å². The minimum atomic E-state index is -1.25. The van der Waals surface area contributed by atoms with Crippen molar-refractivity contribution in [3.63, 3.8) is 0 Å². The Morgan fingerprint density at radius 1 is 0.951 bits per heavy atom. The van der Waals surface area contributed by atoms with Gasteiger partial charge in [0.25, 0.3) is 17.7 Å². The van der Waals surface area contributed by atoms with Gasteiger partial charge < -0.3 is 25.2 Å². The standard InChI is InChI=1S/C28H21Cl2N3O8/c1-3-41-28(39)15-7-5-9-17(11-15)33-25(35)22(30)23(26(33)36)31-16-8-4-6-14(10-16)24(34)32-20-13-21(40-2)18(27(37)38)12-19(20)29/h4-13,31H,3H2,1-2H3,(H,32,34)(H,37,38). The fraction of sp³-hybridized carbons (Fsp3) is 0.107. The van der Waals surface area contributed by atoms with E-state index in [1.165, 1.54) is 55.6 Å². The van der Waals surface area contributed by atoms with E-state index in [-0.39, 0.29) is 61.9 Å². The quantitative estimate of drug-likeness (QED) is 0.231. The Labute approximate surface area is 243 Å². The van der Waals surface area contributed by atoms with Crippen LogP contribution in [0.15, 0.2) is 71.4 Å². The summed E-state index contributed by atoms with van der Waals surface area (Å²) in [5.74, 6) is -4.05. The number of ether oxygens (including phenoxy) is 2. The molecule has 0 saturated heterocycles. The average molecular weight is 598 g/mol. The molecule has 210 valence electrons. The summed E-state index contributed by atoms with van der Waals surface area (Å²) in [5, 5.41) is 14.3. The van der Waals surface area contributed by atoms with E-state index >= 15 is 0 Å². The zero-order valence-electron chi connectivity index (χ0n) is 21.5. The number of carbonyl (C=O) groups is 5. The Kier molecular flexibility index (Phi) is 8.60. The first-order valence-electron chi connectivity index (χ1n) is 11.9. The number of methoxy groups -OCH3 is 1. The summed E-state index contributed by atoms with van der Waals surface area (Å²) in [5.41, 5.74) is 0.377. The van der Waals surface area contributed by atoms with Crippen molar-refractivity contribution >= 4 is 69.9 Å².